The van der Waals surface area contributed by atoms with Gasteiger partial charge in [0.1, 0.15) is 0 Å². The van der Waals surface area contributed by atoms with Crippen LogP contribution in [0.25, 0.3) is 33.8 Å². The fourth-order valence-corrected chi connectivity index (χ4v) is 2.62. The van der Waals surface area contributed by atoms with Gasteiger partial charge in [0.2, 0.25) is 0 Å². The standard InChI is InChI=1S/C16H9NO.ClH/c18-13-5-4-11-8-12-3-1-2-10-6-7-17-16(15(10)12)14(11)9-13;/h1-9H;1H. The van der Waals surface area contributed by atoms with Gasteiger partial charge in [0.15, 0.2) is 5.78 Å². The zero-order valence-corrected chi connectivity index (χ0v) is 10.8. The van der Waals surface area contributed by atoms with Crippen LogP contribution in [0.5, 0.6) is 0 Å². The van der Waals surface area contributed by atoms with E-state index in [1.165, 1.54) is 5.39 Å². The lowest BCUT2D eigenvalue weighted by Gasteiger charge is -2.09. The van der Waals surface area contributed by atoms with E-state index in [0.29, 0.717) is 0 Å². The van der Waals surface area contributed by atoms with Crippen LogP contribution in [0.1, 0.15) is 5.56 Å². The van der Waals surface area contributed by atoms with Gasteiger partial charge in [-0.15, -0.1) is 12.4 Å². The molecule has 2 aromatic carbocycles. The van der Waals surface area contributed by atoms with Crippen LogP contribution >= 0.6 is 12.4 Å². The molecule has 0 saturated heterocycles. The molecule has 0 amide bonds. The normalized spacial score (nSPS) is 13.2. The monoisotopic (exact) mass is 267 g/mol. The molecule has 19 heavy (non-hydrogen) atoms. The fourth-order valence-electron chi connectivity index (χ4n) is 2.62. The summed E-state index contributed by atoms with van der Waals surface area (Å²) in [4.78, 5) is 16.0. The number of hydrogen-bond acceptors (Lipinski definition) is 2. The summed E-state index contributed by atoms with van der Waals surface area (Å²) in [6, 6.07) is 10.3. The number of halogens is 1. The van der Waals surface area contributed by atoms with Crippen LogP contribution in [-0.2, 0) is 4.79 Å². The maximum Gasteiger partial charge on any atom is 0.179 e. The summed E-state index contributed by atoms with van der Waals surface area (Å²) in [6.45, 7) is 0. The topological polar surface area (TPSA) is 30.0 Å². The molecule has 3 heteroatoms. The molecular weight excluding hydrogens is 258 g/mol. The van der Waals surface area contributed by atoms with Crippen LogP contribution in [-0.4, -0.2) is 10.8 Å². The zero-order chi connectivity index (χ0) is 12.1. The molecule has 1 aliphatic carbocycles. The van der Waals surface area contributed by atoms with Crippen molar-refractivity contribution in [3.63, 3.8) is 0 Å². The van der Waals surface area contributed by atoms with Crippen LogP contribution in [0.15, 0.2) is 42.6 Å². The van der Waals surface area contributed by atoms with Gasteiger partial charge in [-0.3, -0.25) is 9.78 Å². The first-order valence-corrected chi connectivity index (χ1v) is 5.87. The second-order valence-electron chi connectivity index (χ2n) is 4.50. The number of ketones is 1. The van der Waals surface area contributed by atoms with Crippen molar-refractivity contribution in [2.24, 2.45) is 0 Å². The van der Waals surface area contributed by atoms with Crippen LogP contribution in [0.2, 0.25) is 0 Å². The molecule has 4 rings (SSSR count). The molecule has 0 aliphatic heterocycles. The Morgan fingerprint density at radius 1 is 1.00 bits per heavy atom. The summed E-state index contributed by atoms with van der Waals surface area (Å²) in [5.74, 6) is 0.0281. The van der Waals surface area contributed by atoms with Crippen molar-refractivity contribution >= 4 is 52.0 Å². The van der Waals surface area contributed by atoms with E-state index in [1.807, 2.05) is 18.2 Å². The smallest absolute Gasteiger partial charge is 0.179 e. The number of hydrogen-bond donors (Lipinski definition) is 0. The highest BCUT2D eigenvalue weighted by Crippen LogP contribution is 2.24. The Kier molecular flexibility index (Phi) is 2.61. The largest absolute Gasteiger partial charge is 0.290 e. The number of pyridine rings is 1. The van der Waals surface area contributed by atoms with Gasteiger partial charge >= 0.3 is 0 Å². The average Bonchev–Trinajstić information content (AvgIpc) is 2.40. The van der Waals surface area contributed by atoms with E-state index in [0.717, 1.165) is 27.1 Å². The van der Waals surface area contributed by atoms with Gasteiger partial charge in [-0.25, -0.2) is 0 Å². The highest BCUT2D eigenvalue weighted by Gasteiger charge is 2.10. The third-order valence-corrected chi connectivity index (χ3v) is 3.41. The Bertz CT molecular complexity index is 891. The minimum atomic E-state index is 0. The molecule has 1 aromatic heterocycles. The molecule has 0 unspecified atom stereocenters. The van der Waals surface area contributed by atoms with Crippen LogP contribution < -0.4 is 5.22 Å². The Balaban J connectivity index is 0.00000110. The molecule has 1 heterocycles. The second kappa shape index (κ2) is 4.18. The SMILES string of the molecule is Cl.O=C1C=Cc2cc3cccc4ccnc(c2=C1)c43. The number of rotatable bonds is 0. The van der Waals surface area contributed by atoms with Gasteiger partial charge < -0.3 is 0 Å². The van der Waals surface area contributed by atoms with Crippen molar-refractivity contribution in [1.29, 1.82) is 0 Å². The fraction of sp³-hybridized carbons (Fsp3) is 0. The minimum Gasteiger partial charge on any atom is -0.290 e. The predicted octanol–water partition coefficient (Wildman–Crippen LogP) is 2.91. The van der Waals surface area contributed by atoms with E-state index in [9.17, 15) is 4.79 Å². The predicted molar refractivity (Wildman–Crippen MR) is 80.2 cm³/mol. The van der Waals surface area contributed by atoms with Gasteiger partial charge in [-0.1, -0.05) is 24.3 Å². The molecule has 2 nitrogen and oxygen atoms in total. The van der Waals surface area contributed by atoms with Crippen LogP contribution in [0.4, 0.5) is 0 Å². The number of carbonyl (C=O) groups excluding carboxylic acids is 1. The Morgan fingerprint density at radius 3 is 2.74 bits per heavy atom. The molecule has 0 bridgehead atoms. The summed E-state index contributed by atoms with van der Waals surface area (Å²) in [5.41, 5.74) is 1.98. The lowest BCUT2D eigenvalue weighted by atomic mass is 9.96. The van der Waals surface area contributed by atoms with E-state index in [-0.39, 0.29) is 18.2 Å². The molecular formula is C16H10ClNO. The van der Waals surface area contributed by atoms with E-state index < -0.39 is 0 Å². The van der Waals surface area contributed by atoms with Gasteiger partial charge in [-0.2, -0.15) is 0 Å². The first kappa shape index (κ1) is 11.9. The second-order valence-corrected chi connectivity index (χ2v) is 4.50. The van der Waals surface area contributed by atoms with E-state index in [2.05, 4.69) is 23.2 Å². The van der Waals surface area contributed by atoms with Crippen molar-refractivity contribution in [2.45, 2.75) is 0 Å². The third kappa shape index (κ3) is 1.65. The Hall–Kier alpha value is -2.19. The third-order valence-electron chi connectivity index (χ3n) is 3.41. The van der Waals surface area contributed by atoms with Gasteiger partial charge in [0, 0.05) is 16.8 Å². The number of carbonyl (C=O) groups is 1. The molecule has 0 fully saturated rings. The summed E-state index contributed by atoms with van der Waals surface area (Å²) in [7, 11) is 0. The van der Waals surface area contributed by atoms with Crippen molar-refractivity contribution in [3.8, 4) is 0 Å². The molecule has 1 aliphatic rings. The molecule has 0 N–H and O–H groups in total. The van der Waals surface area contributed by atoms with Gasteiger partial charge in [0.25, 0.3) is 0 Å². The first-order chi connectivity index (χ1) is 8.83. The highest BCUT2D eigenvalue weighted by molar-refractivity contribution is 6.20. The lowest BCUT2D eigenvalue weighted by Crippen LogP contribution is -2.14. The van der Waals surface area contributed by atoms with Crippen molar-refractivity contribution < 1.29 is 4.79 Å². The van der Waals surface area contributed by atoms with Crippen molar-refractivity contribution in [2.75, 3.05) is 0 Å². The van der Waals surface area contributed by atoms with Crippen LogP contribution in [0, 0.1) is 0 Å². The molecule has 3 aromatic rings. The molecule has 92 valence electrons. The molecule has 0 radical (unpaired) electrons. The van der Waals surface area contributed by atoms with E-state index in [4.69, 9.17) is 0 Å². The summed E-state index contributed by atoms with van der Waals surface area (Å²) >= 11 is 0. The van der Waals surface area contributed by atoms with Crippen LogP contribution in [0.3, 0.4) is 0 Å². The zero-order valence-electron chi connectivity index (χ0n) is 9.96. The lowest BCUT2D eigenvalue weighted by molar-refractivity contribution is -0.109. The summed E-state index contributed by atoms with van der Waals surface area (Å²) in [5, 5.41) is 4.40. The molecule has 0 saturated carbocycles. The average molecular weight is 268 g/mol. The maximum atomic E-state index is 11.5. The summed E-state index contributed by atoms with van der Waals surface area (Å²) in [6.07, 6.45) is 6.94. The number of fused-ring (bicyclic) bond motifs is 2. The summed E-state index contributed by atoms with van der Waals surface area (Å²) < 4.78 is 0. The number of benzene rings is 2. The quantitative estimate of drug-likeness (QED) is 0.627. The van der Waals surface area contributed by atoms with Gasteiger partial charge in [0.05, 0.1) is 5.52 Å². The van der Waals surface area contributed by atoms with Crippen molar-refractivity contribution in [3.05, 3.63) is 53.4 Å². The number of nitrogens with zero attached hydrogens (tertiary/aromatic N) is 1. The number of aromatic nitrogens is 1. The molecule has 0 spiro atoms. The molecule has 0 atom stereocenters. The van der Waals surface area contributed by atoms with E-state index in [1.54, 1.807) is 18.3 Å². The Morgan fingerprint density at radius 2 is 1.84 bits per heavy atom. The highest BCUT2D eigenvalue weighted by atomic mass is 35.5. The van der Waals surface area contributed by atoms with Crippen molar-refractivity contribution in [1.82, 2.24) is 4.98 Å². The first-order valence-electron chi connectivity index (χ1n) is 5.87. The minimum absolute atomic E-state index is 0. The Labute approximate surface area is 115 Å². The number of allylic oxidation sites excluding steroid dienone is 1. The van der Waals surface area contributed by atoms with E-state index >= 15 is 0 Å². The maximum absolute atomic E-state index is 11.5. The van der Waals surface area contributed by atoms with Gasteiger partial charge in [-0.05, 0) is 40.6 Å².